The minimum Gasteiger partial charge on any atom is -0.481 e. The van der Waals surface area contributed by atoms with Crippen molar-refractivity contribution < 1.29 is 9.84 Å². The molecule has 1 aliphatic rings. The Hall–Kier alpha value is -1.13. The molecule has 0 unspecified atom stereocenters. The van der Waals surface area contributed by atoms with Crippen LogP contribution in [0.1, 0.15) is 31.2 Å². The monoisotopic (exact) mass is 236 g/mol. The van der Waals surface area contributed by atoms with Gasteiger partial charge in [0.25, 0.3) is 0 Å². The van der Waals surface area contributed by atoms with Gasteiger partial charge in [-0.25, -0.2) is 4.98 Å². The molecular formula is C13H20N2O2. The largest absolute Gasteiger partial charge is 0.481 e. The average Bonchev–Trinajstić information content (AvgIpc) is 2.77. The molecule has 0 amide bonds. The van der Waals surface area contributed by atoms with Gasteiger partial charge in [-0.1, -0.05) is 12.8 Å². The number of aliphatic hydroxyl groups is 1. The van der Waals surface area contributed by atoms with Crippen molar-refractivity contribution in [2.75, 3.05) is 13.7 Å². The number of nitrogens with one attached hydrogen (secondary N) is 1. The first-order chi connectivity index (χ1) is 8.22. The van der Waals surface area contributed by atoms with E-state index in [0.717, 1.165) is 37.8 Å². The van der Waals surface area contributed by atoms with Crippen molar-refractivity contribution in [3.8, 4) is 5.88 Å². The van der Waals surface area contributed by atoms with Gasteiger partial charge in [-0.2, -0.15) is 0 Å². The summed E-state index contributed by atoms with van der Waals surface area (Å²) in [4.78, 5) is 4.06. The summed E-state index contributed by atoms with van der Waals surface area (Å²) in [5, 5.41) is 13.5. The molecule has 2 N–H and O–H groups in total. The smallest absolute Gasteiger partial charge is 0.213 e. The van der Waals surface area contributed by atoms with Crippen LogP contribution in [0.25, 0.3) is 0 Å². The fourth-order valence-electron chi connectivity index (χ4n) is 2.32. The van der Waals surface area contributed by atoms with Crippen molar-refractivity contribution in [2.24, 2.45) is 0 Å². The Bertz CT molecular complexity index is 362. The third kappa shape index (κ3) is 3.41. The Kier molecular flexibility index (Phi) is 3.97. The van der Waals surface area contributed by atoms with E-state index in [1.807, 2.05) is 12.1 Å². The lowest BCUT2D eigenvalue weighted by Gasteiger charge is -2.22. The summed E-state index contributed by atoms with van der Waals surface area (Å²) >= 11 is 0. The van der Waals surface area contributed by atoms with Gasteiger partial charge in [0.05, 0.1) is 12.7 Å². The van der Waals surface area contributed by atoms with E-state index >= 15 is 0 Å². The van der Waals surface area contributed by atoms with Crippen LogP contribution in [0.2, 0.25) is 0 Å². The van der Waals surface area contributed by atoms with E-state index in [4.69, 9.17) is 4.74 Å². The maximum atomic E-state index is 10.2. The number of pyridine rings is 1. The summed E-state index contributed by atoms with van der Waals surface area (Å²) in [6.07, 6.45) is 5.85. The number of methoxy groups -OCH3 is 1. The summed E-state index contributed by atoms with van der Waals surface area (Å²) < 4.78 is 5.07. The van der Waals surface area contributed by atoms with E-state index in [1.165, 1.54) is 0 Å². The third-order valence-corrected chi connectivity index (χ3v) is 3.33. The molecule has 1 saturated carbocycles. The standard InChI is InChI=1S/C13H20N2O2/c1-17-12-8-11(4-7-15-12)9-14-10-13(16)5-2-3-6-13/h4,7-8,14,16H,2-3,5-6,9-10H2,1H3. The zero-order chi connectivity index (χ0) is 12.1. The molecule has 1 aromatic heterocycles. The van der Waals surface area contributed by atoms with Crippen molar-refractivity contribution in [3.05, 3.63) is 23.9 Å². The predicted octanol–water partition coefficient (Wildman–Crippen LogP) is 1.48. The number of aromatic nitrogens is 1. The second-order valence-electron chi connectivity index (χ2n) is 4.74. The van der Waals surface area contributed by atoms with Crippen LogP contribution in [0.3, 0.4) is 0 Å². The molecule has 0 bridgehead atoms. The highest BCUT2D eigenvalue weighted by Crippen LogP contribution is 2.28. The van der Waals surface area contributed by atoms with Gasteiger partial charge in [0.2, 0.25) is 5.88 Å². The Labute approximate surface area is 102 Å². The Balaban J connectivity index is 1.81. The Morgan fingerprint density at radius 2 is 2.24 bits per heavy atom. The molecular weight excluding hydrogens is 216 g/mol. The van der Waals surface area contributed by atoms with Gasteiger partial charge in [0.1, 0.15) is 0 Å². The first kappa shape index (κ1) is 12.3. The normalized spacial score (nSPS) is 18.2. The summed E-state index contributed by atoms with van der Waals surface area (Å²) in [7, 11) is 1.61. The number of hydrogen-bond donors (Lipinski definition) is 2. The van der Waals surface area contributed by atoms with Gasteiger partial charge in [0, 0.05) is 25.4 Å². The molecule has 0 saturated heterocycles. The lowest BCUT2D eigenvalue weighted by atomic mass is 10.0. The van der Waals surface area contributed by atoms with Gasteiger partial charge < -0.3 is 15.2 Å². The maximum Gasteiger partial charge on any atom is 0.213 e. The molecule has 4 nitrogen and oxygen atoms in total. The molecule has 0 aliphatic heterocycles. The third-order valence-electron chi connectivity index (χ3n) is 3.33. The summed E-state index contributed by atoms with van der Waals surface area (Å²) in [6.45, 7) is 1.40. The van der Waals surface area contributed by atoms with Gasteiger partial charge >= 0.3 is 0 Å². The zero-order valence-electron chi connectivity index (χ0n) is 10.3. The van der Waals surface area contributed by atoms with Crippen LogP contribution in [-0.4, -0.2) is 29.3 Å². The van der Waals surface area contributed by atoms with Crippen molar-refractivity contribution in [3.63, 3.8) is 0 Å². The van der Waals surface area contributed by atoms with Crippen LogP contribution in [0.5, 0.6) is 5.88 Å². The fourth-order valence-corrected chi connectivity index (χ4v) is 2.32. The van der Waals surface area contributed by atoms with E-state index in [2.05, 4.69) is 10.3 Å². The zero-order valence-corrected chi connectivity index (χ0v) is 10.3. The molecule has 94 valence electrons. The highest BCUT2D eigenvalue weighted by Gasteiger charge is 2.30. The van der Waals surface area contributed by atoms with Crippen LogP contribution in [0, 0.1) is 0 Å². The van der Waals surface area contributed by atoms with Crippen molar-refractivity contribution >= 4 is 0 Å². The molecule has 1 heterocycles. The molecule has 1 aromatic rings. The van der Waals surface area contributed by atoms with Gasteiger partial charge in [0.15, 0.2) is 0 Å². The molecule has 1 fully saturated rings. The van der Waals surface area contributed by atoms with Crippen molar-refractivity contribution in [2.45, 2.75) is 37.8 Å². The van der Waals surface area contributed by atoms with E-state index in [9.17, 15) is 5.11 Å². The van der Waals surface area contributed by atoms with Crippen LogP contribution < -0.4 is 10.1 Å². The lowest BCUT2D eigenvalue weighted by molar-refractivity contribution is 0.0475. The van der Waals surface area contributed by atoms with Gasteiger partial charge in [-0.15, -0.1) is 0 Å². The second-order valence-corrected chi connectivity index (χ2v) is 4.74. The minimum absolute atomic E-state index is 0.489. The van der Waals surface area contributed by atoms with Crippen LogP contribution >= 0.6 is 0 Å². The second kappa shape index (κ2) is 5.47. The van der Waals surface area contributed by atoms with Crippen LogP contribution in [0.15, 0.2) is 18.3 Å². The maximum absolute atomic E-state index is 10.2. The molecule has 1 aliphatic carbocycles. The molecule has 0 spiro atoms. The van der Waals surface area contributed by atoms with Crippen molar-refractivity contribution in [1.29, 1.82) is 0 Å². The lowest BCUT2D eigenvalue weighted by Crippen LogP contribution is -2.37. The molecule has 0 aromatic carbocycles. The molecule has 4 heteroatoms. The van der Waals surface area contributed by atoms with E-state index < -0.39 is 5.60 Å². The topological polar surface area (TPSA) is 54.4 Å². The Morgan fingerprint density at radius 1 is 1.47 bits per heavy atom. The number of rotatable bonds is 5. The number of ether oxygens (including phenoxy) is 1. The first-order valence-electron chi connectivity index (χ1n) is 6.14. The fraction of sp³-hybridized carbons (Fsp3) is 0.615. The SMILES string of the molecule is COc1cc(CNCC2(O)CCCC2)ccn1. The molecule has 0 atom stereocenters. The Morgan fingerprint density at radius 3 is 2.94 bits per heavy atom. The highest BCUT2D eigenvalue weighted by molar-refractivity contribution is 5.20. The molecule has 2 rings (SSSR count). The van der Waals surface area contributed by atoms with Crippen LogP contribution in [0.4, 0.5) is 0 Å². The van der Waals surface area contributed by atoms with E-state index in [0.29, 0.717) is 12.4 Å². The quantitative estimate of drug-likeness (QED) is 0.813. The predicted molar refractivity (Wildman–Crippen MR) is 65.9 cm³/mol. The first-order valence-corrected chi connectivity index (χ1v) is 6.14. The minimum atomic E-state index is -0.489. The van der Waals surface area contributed by atoms with Crippen molar-refractivity contribution in [1.82, 2.24) is 10.3 Å². The highest BCUT2D eigenvalue weighted by atomic mass is 16.5. The molecule has 17 heavy (non-hydrogen) atoms. The van der Waals surface area contributed by atoms with E-state index in [-0.39, 0.29) is 0 Å². The average molecular weight is 236 g/mol. The van der Waals surface area contributed by atoms with Gasteiger partial charge in [-0.3, -0.25) is 0 Å². The van der Waals surface area contributed by atoms with E-state index in [1.54, 1.807) is 13.3 Å². The number of nitrogens with zero attached hydrogens (tertiary/aromatic N) is 1. The summed E-state index contributed by atoms with van der Waals surface area (Å²) in [5.74, 6) is 0.629. The summed E-state index contributed by atoms with van der Waals surface area (Å²) in [6, 6.07) is 3.86. The summed E-state index contributed by atoms with van der Waals surface area (Å²) in [5.41, 5.74) is 0.635. The number of hydrogen-bond acceptors (Lipinski definition) is 4. The van der Waals surface area contributed by atoms with Gasteiger partial charge in [-0.05, 0) is 24.5 Å². The van der Waals surface area contributed by atoms with Crippen LogP contribution in [-0.2, 0) is 6.54 Å². The molecule has 0 radical (unpaired) electrons.